The number of nitrogens with one attached hydrogen (secondary N) is 1. The van der Waals surface area contributed by atoms with E-state index in [2.05, 4.69) is 24.1 Å². The number of piperidine rings is 1. The Morgan fingerprint density at radius 2 is 1.77 bits per heavy atom. The highest BCUT2D eigenvalue weighted by Gasteiger charge is 2.27. The van der Waals surface area contributed by atoms with E-state index >= 15 is 0 Å². The predicted octanol–water partition coefficient (Wildman–Crippen LogP) is 4.01. The number of nitrogens with zero attached hydrogens (tertiary/aromatic N) is 3. The fourth-order valence-corrected chi connectivity index (χ4v) is 3.91. The van der Waals surface area contributed by atoms with Gasteiger partial charge in [0.2, 0.25) is 5.91 Å². The van der Waals surface area contributed by atoms with Gasteiger partial charge in [-0.15, -0.1) is 0 Å². The maximum Gasteiger partial charge on any atom is 0.253 e. The zero-order valence-corrected chi connectivity index (χ0v) is 18.2. The Hall–Kier alpha value is -2.89. The van der Waals surface area contributed by atoms with Gasteiger partial charge in [0.25, 0.3) is 5.91 Å². The summed E-state index contributed by atoms with van der Waals surface area (Å²) in [5.41, 5.74) is 1.59. The van der Waals surface area contributed by atoms with Crippen LogP contribution < -0.4 is 10.2 Å². The largest absolute Gasteiger partial charge is 0.349 e. The van der Waals surface area contributed by atoms with Crippen molar-refractivity contribution in [2.24, 2.45) is 5.92 Å². The van der Waals surface area contributed by atoms with Crippen molar-refractivity contribution in [2.45, 2.75) is 45.6 Å². The highest BCUT2D eigenvalue weighted by Crippen LogP contribution is 2.21. The molecule has 2 amide bonds. The van der Waals surface area contributed by atoms with E-state index in [1.165, 1.54) is 0 Å². The van der Waals surface area contributed by atoms with Crippen LogP contribution in [0, 0.1) is 5.92 Å². The highest BCUT2D eigenvalue weighted by molar-refractivity contribution is 5.94. The first-order valence-electron chi connectivity index (χ1n) is 10.9. The molecule has 1 aromatic heterocycles. The van der Waals surface area contributed by atoms with Crippen LogP contribution >= 0.6 is 0 Å². The Bertz CT molecular complexity index is 826. The van der Waals surface area contributed by atoms with E-state index in [4.69, 9.17) is 0 Å². The molecule has 6 nitrogen and oxygen atoms in total. The molecule has 2 heterocycles. The summed E-state index contributed by atoms with van der Waals surface area (Å²) in [5.74, 6) is 1.05. The number of para-hydroxylation sites is 1. The van der Waals surface area contributed by atoms with E-state index in [9.17, 15) is 9.59 Å². The molecule has 0 saturated carbocycles. The van der Waals surface area contributed by atoms with Gasteiger partial charge in [-0.3, -0.25) is 9.59 Å². The maximum absolute atomic E-state index is 12.6. The van der Waals surface area contributed by atoms with E-state index in [0.29, 0.717) is 18.7 Å². The molecule has 0 unspecified atom stereocenters. The fraction of sp³-hybridized carbons (Fsp3) is 0.458. The number of carbonyl (C=O) groups is 2. The predicted molar refractivity (Wildman–Crippen MR) is 120 cm³/mol. The summed E-state index contributed by atoms with van der Waals surface area (Å²) in [5, 5.41) is 3.10. The number of hydrogen-bond donors (Lipinski definition) is 1. The molecule has 30 heavy (non-hydrogen) atoms. The van der Waals surface area contributed by atoms with Crippen molar-refractivity contribution in [3.05, 3.63) is 54.2 Å². The van der Waals surface area contributed by atoms with Crippen LogP contribution in [0.1, 0.15) is 49.9 Å². The number of amides is 2. The Morgan fingerprint density at radius 1 is 1.10 bits per heavy atom. The average Bonchev–Trinajstić information content (AvgIpc) is 2.80. The highest BCUT2D eigenvalue weighted by atomic mass is 16.2. The van der Waals surface area contributed by atoms with Crippen molar-refractivity contribution in [3.8, 4) is 0 Å². The summed E-state index contributed by atoms with van der Waals surface area (Å²) in [4.78, 5) is 33.6. The van der Waals surface area contributed by atoms with Crippen molar-refractivity contribution >= 4 is 23.3 Å². The number of benzene rings is 1. The minimum Gasteiger partial charge on any atom is -0.349 e. The number of anilines is 2. The second-order valence-electron chi connectivity index (χ2n) is 7.89. The normalized spacial score (nSPS) is 14.6. The summed E-state index contributed by atoms with van der Waals surface area (Å²) < 4.78 is 0. The van der Waals surface area contributed by atoms with Crippen LogP contribution in [0.25, 0.3) is 0 Å². The lowest BCUT2D eigenvalue weighted by molar-refractivity contribution is -0.136. The Kier molecular flexibility index (Phi) is 7.44. The van der Waals surface area contributed by atoms with Crippen molar-refractivity contribution < 1.29 is 9.59 Å². The maximum atomic E-state index is 12.6. The standard InChI is InChI=1S/C24H32N4O2/c1-4-18(5-2)24(30)28-15-13-20(14-16-28)26-23(29)19-11-12-22(25-17-19)27(3)21-9-7-6-8-10-21/h6-12,17-18,20H,4-5,13-16H2,1-3H3,(H,26,29). The topological polar surface area (TPSA) is 65.5 Å². The van der Waals surface area contributed by atoms with Gasteiger partial charge in [-0.1, -0.05) is 32.0 Å². The van der Waals surface area contributed by atoms with Crippen molar-refractivity contribution in [3.63, 3.8) is 0 Å². The first kappa shape index (κ1) is 21.8. The Balaban J connectivity index is 1.53. The SMILES string of the molecule is CCC(CC)C(=O)N1CCC(NC(=O)c2ccc(N(C)c3ccccc3)nc2)CC1. The zero-order chi connectivity index (χ0) is 21.5. The molecule has 6 heteroatoms. The van der Waals surface area contributed by atoms with Gasteiger partial charge in [-0.2, -0.15) is 0 Å². The van der Waals surface area contributed by atoms with E-state index in [0.717, 1.165) is 37.2 Å². The van der Waals surface area contributed by atoms with Gasteiger partial charge >= 0.3 is 0 Å². The van der Waals surface area contributed by atoms with Crippen LogP contribution in [0.2, 0.25) is 0 Å². The van der Waals surface area contributed by atoms with E-state index in [-0.39, 0.29) is 23.8 Å². The molecular weight excluding hydrogens is 376 g/mol. The van der Waals surface area contributed by atoms with Crippen LogP contribution in [0.5, 0.6) is 0 Å². The van der Waals surface area contributed by atoms with Gasteiger partial charge in [0.15, 0.2) is 0 Å². The average molecular weight is 409 g/mol. The fourth-order valence-electron chi connectivity index (χ4n) is 3.91. The molecule has 0 bridgehead atoms. The van der Waals surface area contributed by atoms with Gasteiger partial charge in [0, 0.05) is 44.0 Å². The lowest BCUT2D eigenvalue weighted by atomic mass is 9.98. The van der Waals surface area contributed by atoms with Crippen molar-refractivity contribution in [1.29, 1.82) is 0 Å². The lowest BCUT2D eigenvalue weighted by Gasteiger charge is -2.34. The Morgan fingerprint density at radius 3 is 2.33 bits per heavy atom. The van der Waals surface area contributed by atoms with Crippen LogP contribution in [-0.2, 0) is 4.79 Å². The third-order valence-electron chi connectivity index (χ3n) is 5.97. The third kappa shape index (κ3) is 5.17. The van der Waals surface area contributed by atoms with Gasteiger partial charge < -0.3 is 15.1 Å². The molecule has 1 saturated heterocycles. The summed E-state index contributed by atoms with van der Waals surface area (Å²) in [6, 6.07) is 13.7. The number of rotatable bonds is 7. The van der Waals surface area contributed by atoms with Crippen LogP contribution in [0.3, 0.4) is 0 Å². The second kappa shape index (κ2) is 10.2. The molecule has 1 aliphatic rings. The summed E-state index contributed by atoms with van der Waals surface area (Å²) in [6.07, 6.45) is 4.97. The van der Waals surface area contributed by atoms with Gasteiger partial charge in [0.1, 0.15) is 5.82 Å². The molecule has 1 N–H and O–H groups in total. The van der Waals surface area contributed by atoms with Gasteiger partial charge in [-0.05, 0) is 49.9 Å². The number of likely N-dealkylation sites (tertiary alicyclic amines) is 1. The minimum absolute atomic E-state index is 0.0925. The molecule has 2 aromatic rings. The van der Waals surface area contributed by atoms with Crippen LogP contribution in [0.15, 0.2) is 48.7 Å². The third-order valence-corrected chi connectivity index (χ3v) is 5.97. The number of aromatic nitrogens is 1. The van der Waals surface area contributed by atoms with E-state index < -0.39 is 0 Å². The number of carbonyl (C=O) groups excluding carboxylic acids is 2. The molecule has 1 fully saturated rings. The molecule has 0 radical (unpaired) electrons. The molecule has 0 spiro atoms. The van der Waals surface area contributed by atoms with Crippen molar-refractivity contribution in [1.82, 2.24) is 15.2 Å². The zero-order valence-electron chi connectivity index (χ0n) is 18.2. The van der Waals surface area contributed by atoms with Gasteiger partial charge in [-0.25, -0.2) is 4.98 Å². The Labute approximate surface area is 179 Å². The molecule has 0 aliphatic carbocycles. The molecule has 1 aromatic carbocycles. The molecule has 160 valence electrons. The molecular formula is C24H32N4O2. The minimum atomic E-state index is -0.110. The number of hydrogen-bond acceptors (Lipinski definition) is 4. The number of pyridine rings is 1. The van der Waals surface area contributed by atoms with Gasteiger partial charge in [0.05, 0.1) is 5.56 Å². The monoisotopic (exact) mass is 408 g/mol. The smallest absolute Gasteiger partial charge is 0.253 e. The van der Waals surface area contributed by atoms with Crippen LogP contribution in [0.4, 0.5) is 11.5 Å². The first-order valence-corrected chi connectivity index (χ1v) is 10.9. The van der Waals surface area contributed by atoms with E-state index in [1.54, 1.807) is 6.20 Å². The molecule has 0 atom stereocenters. The quantitative estimate of drug-likeness (QED) is 0.752. The molecule has 1 aliphatic heterocycles. The summed E-state index contributed by atoms with van der Waals surface area (Å²) >= 11 is 0. The van der Waals surface area contributed by atoms with E-state index in [1.807, 2.05) is 59.3 Å². The van der Waals surface area contributed by atoms with Crippen molar-refractivity contribution in [2.75, 3.05) is 25.0 Å². The lowest BCUT2D eigenvalue weighted by Crippen LogP contribution is -2.48. The molecule has 3 rings (SSSR count). The second-order valence-corrected chi connectivity index (χ2v) is 7.89. The summed E-state index contributed by atoms with van der Waals surface area (Å²) in [7, 11) is 1.95. The van der Waals surface area contributed by atoms with Crippen LogP contribution in [-0.4, -0.2) is 47.9 Å². The first-order chi connectivity index (χ1) is 14.5. The summed E-state index contributed by atoms with van der Waals surface area (Å²) in [6.45, 7) is 5.55.